The highest BCUT2D eigenvalue weighted by atomic mass is 79.9. The molecule has 1 fully saturated rings. The number of hydrogen-bond donors (Lipinski definition) is 1. The summed E-state index contributed by atoms with van der Waals surface area (Å²) in [6, 6.07) is 4.54. The van der Waals surface area contributed by atoms with Crippen LogP contribution in [0.15, 0.2) is 22.7 Å². The molecule has 1 aromatic rings. The molecular formula is C14H18BrFO2. The van der Waals surface area contributed by atoms with Gasteiger partial charge in [-0.05, 0) is 36.6 Å². The summed E-state index contributed by atoms with van der Waals surface area (Å²) in [5, 5.41) is 10.4. The van der Waals surface area contributed by atoms with E-state index in [9.17, 15) is 9.50 Å². The summed E-state index contributed by atoms with van der Waals surface area (Å²) >= 11 is 3.39. The van der Waals surface area contributed by atoms with Gasteiger partial charge in [0.25, 0.3) is 0 Å². The molecule has 0 aliphatic heterocycles. The van der Waals surface area contributed by atoms with Crippen LogP contribution in [0.25, 0.3) is 0 Å². The summed E-state index contributed by atoms with van der Waals surface area (Å²) in [4.78, 5) is 0. The Bertz CT molecular complexity index is 416. The van der Waals surface area contributed by atoms with Gasteiger partial charge in [-0.15, -0.1) is 0 Å². The van der Waals surface area contributed by atoms with Crippen LogP contribution < -0.4 is 0 Å². The Balaban J connectivity index is 2.15. The zero-order valence-electron chi connectivity index (χ0n) is 10.5. The molecule has 4 heteroatoms. The second kappa shape index (κ2) is 5.68. The predicted octanol–water partition coefficient (Wildman–Crippen LogP) is 3.45. The minimum atomic E-state index is -0.594. The van der Waals surface area contributed by atoms with E-state index < -0.39 is 11.7 Å². The maximum absolute atomic E-state index is 13.2. The molecule has 0 saturated heterocycles. The molecule has 2 rings (SSSR count). The number of rotatable bonds is 4. The summed E-state index contributed by atoms with van der Waals surface area (Å²) in [5.41, 5.74) is 0.331. The van der Waals surface area contributed by atoms with Crippen molar-refractivity contribution in [2.24, 2.45) is 0 Å². The van der Waals surface area contributed by atoms with Crippen LogP contribution in [0.5, 0.6) is 0 Å². The highest BCUT2D eigenvalue weighted by Crippen LogP contribution is 2.37. The van der Waals surface area contributed by atoms with E-state index >= 15 is 0 Å². The number of halogens is 2. The van der Waals surface area contributed by atoms with Crippen LogP contribution in [-0.4, -0.2) is 23.9 Å². The molecule has 1 saturated carbocycles. The Kier molecular flexibility index (Phi) is 4.41. The monoisotopic (exact) mass is 316 g/mol. The van der Waals surface area contributed by atoms with Crippen molar-refractivity contribution in [1.82, 2.24) is 0 Å². The zero-order valence-corrected chi connectivity index (χ0v) is 12.0. The summed E-state index contributed by atoms with van der Waals surface area (Å²) < 4.78 is 19.6. The molecule has 100 valence electrons. The van der Waals surface area contributed by atoms with E-state index in [1.165, 1.54) is 12.1 Å². The second-order valence-electron chi connectivity index (χ2n) is 4.93. The molecule has 0 amide bonds. The van der Waals surface area contributed by atoms with Gasteiger partial charge >= 0.3 is 0 Å². The van der Waals surface area contributed by atoms with Gasteiger partial charge in [-0.3, -0.25) is 0 Å². The van der Waals surface area contributed by atoms with Gasteiger partial charge in [0.2, 0.25) is 0 Å². The molecule has 0 radical (unpaired) electrons. The first kappa shape index (κ1) is 14.0. The van der Waals surface area contributed by atoms with E-state index in [1.807, 2.05) is 0 Å². The molecule has 1 aromatic carbocycles. The van der Waals surface area contributed by atoms with Crippen LogP contribution in [0.3, 0.4) is 0 Å². The van der Waals surface area contributed by atoms with E-state index in [0.717, 1.165) is 35.7 Å². The minimum Gasteiger partial charge on any atom is -0.390 e. The second-order valence-corrected chi connectivity index (χ2v) is 5.79. The lowest BCUT2D eigenvalue weighted by Crippen LogP contribution is -2.42. The van der Waals surface area contributed by atoms with E-state index in [0.29, 0.717) is 6.42 Å². The first-order chi connectivity index (χ1) is 8.57. The molecule has 2 nitrogen and oxygen atoms in total. The summed E-state index contributed by atoms with van der Waals surface area (Å²) in [5.74, 6) is -0.279. The van der Waals surface area contributed by atoms with Crippen molar-refractivity contribution in [2.45, 2.75) is 43.8 Å². The Morgan fingerprint density at radius 1 is 1.44 bits per heavy atom. The highest BCUT2D eigenvalue weighted by Gasteiger charge is 2.40. The first-order valence-electron chi connectivity index (χ1n) is 6.24. The average Bonchev–Trinajstić information content (AvgIpc) is 2.84. The standard InChI is InChI=1S/C14H18BrFO2/c1-18-14(6-2-3-7-14)13(17)9-10-8-11(16)4-5-12(10)15/h4-5,8,13,17H,2-3,6-7,9H2,1H3. The molecule has 1 N–H and O–H groups in total. The summed E-state index contributed by atoms with van der Waals surface area (Å²) in [7, 11) is 1.65. The van der Waals surface area contributed by atoms with Crippen molar-refractivity contribution in [2.75, 3.05) is 7.11 Å². The largest absolute Gasteiger partial charge is 0.390 e. The molecular weight excluding hydrogens is 299 g/mol. The molecule has 0 spiro atoms. The van der Waals surface area contributed by atoms with Gasteiger partial charge in [-0.25, -0.2) is 4.39 Å². The molecule has 0 bridgehead atoms. The van der Waals surface area contributed by atoms with Crippen LogP contribution >= 0.6 is 15.9 Å². The van der Waals surface area contributed by atoms with Crippen molar-refractivity contribution in [1.29, 1.82) is 0 Å². The van der Waals surface area contributed by atoms with Crippen LogP contribution in [-0.2, 0) is 11.2 Å². The van der Waals surface area contributed by atoms with Gasteiger partial charge in [0.05, 0.1) is 11.7 Å². The van der Waals surface area contributed by atoms with E-state index in [-0.39, 0.29) is 5.82 Å². The number of hydrogen-bond acceptors (Lipinski definition) is 2. The number of benzene rings is 1. The molecule has 1 unspecified atom stereocenters. The number of methoxy groups -OCH3 is 1. The van der Waals surface area contributed by atoms with Gasteiger partial charge in [0.15, 0.2) is 0 Å². The molecule has 1 aliphatic rings. The number of aliphatic hydroxyl groups is 1. The third-order valence-electron chi connectivity index (χ3n) is 3.88. The van der Waals surface area contributed by atoms with Crippen LogP contribution in [0.2, 0.25) is 0 Å². The van der Waals surface area contributed by atoms with Gasteiger partial charge in [-0.1, -0.05) is 28.8 Å². The fourth-order valence-electron chi connectivity index (χ4n) is 2.74. The Hall–Kier alpha value is -0.450. The quantitative estimate of drug-likeness (QED) is 0.922. The molecule has 1 aliphatic carbocycles. The fraction of sp³-hybridized carbons (Fsp3) is 0.571. The summed E-state index contributed by atoms with van der Waals surface area (Å²) in [6.07, 6.45) is 3.72. The van der Waals surface area contributed by atoms with E-state index in [1.54, 1.807) is 13.2 Å². The van der Waals surface area contributed by atoms with E-state index in [4.69, 9.17) is 4.74 Å². The Morgan fingerprint density at radius 2 is 2.11 bits per heavy atom. The van der Waals surface area contributed by atoms with Crippen LogP contribution in [0.4, 0.5) is 4.39 Å². The zero-order chi connectivity index (χ0) is 13.2. The lowest BCUT2D eigenvalue weighted by molar-refractivity contribution is -0.0971. The smallest absolute Gasteiger partial charge is 0.123 e. The Morgan fingerprint density at radius 3 is 2.72 bits per heavy atom. The third-order valence-corrected chi connectivity index (χ3v) is 4.66. The SMILES string of the molecule is COC1(C(O)Cc2cc(F)ccc2Br)CCCC1. The normalized spacial score (nSPS) is 20.0. The van der Waals surface area contributed by atoms with Crippen molar-refractivity contribution >= 4 is 15.9 Å². The Labute approximate surface area is 115 Å². The fourth-order valence-corrected chi connectivity index (χ4v) is 3.15. The van der Waals surface area contributed by atoms with Crippen LogP contribution in [0.1, 0.15) is 31.2 Å². The first-order valence-corrected chi connectivity index (χ1v) is 7.04. The molecule has 0 aromatic heterocycles. The predicted molar refractivity (Wildman–Crippen MR) is 72.0 cm³/mol. The molecule has 0 heterocycles. The third kappa shape index (κ3) is 2.76. The summed E-state index contributed by atoms with van der Waals surface area (Å²) in [6.45, 7) is 0. The number of ether oxygens (including phenoxy) is 1. The number of aliphatic hydroxyl groups excluding tert-OH is 1. The lowest BCUT2D eigenvalue weighted by atomic mass is 9.90. The minimum absolute atomic E-state index is 0.279. The highest BCUT2D eigenvalue weighted by molar-refractivity contribution is 9.10. The maximum Gasteiger partial charge on any atom is 0.123 e. The molecule has 18 heavy (non-hydrogen) atoms. The lowest BCUT2D eigenvalue weighted by Gasteiger charge is -2.33. The van der Waals surface area contributed by atoms with Crippen molar-refractivity contribution in [3.63, 3.8) is 0 Å². The maximum atomic E-state index is 13.2. The van der Waals surface area contributed by atoms with Crippen molar-refractivity contribution < 1.29 is 14.2 Å². The van der Waals surface area contributed by atoms with E-state index in [2.05, 4.69) is 15.9 Å². The average molecular weight is 317 g/mol. The van der Waals surface area contributed by atoms with Gasteiger partial charge in [0, 0.05) is 18.0 Å². The van der Waals surface area contributed by atoms with Gasteiger partial charge < -0.3 is 9.84 Å². The van der Waals surface area contributed by atoms with Crippen molar-refractivity contribution in [3.05, 3.63) is 34.1 Å². The van der Waals surface area contributed by atoms with Crippen LogP contribution in [0, 0.1) is 5.82 Å². The molecule has 1 atom stereocenters. The topological polar surface area (TPSA) is 29.5 Å². The van der Waals surface area contributed by atoms with Crippen molar-refractivity contribution in [3.8, 4) is 0 Å². The van der Waals surface area contributed by atoms with Gasteiger partial charge in [0.1, 0.15) is 5.82 Å². The van der Waals surface area contributed by atoms with Gasteiger partial charge in [-0.2, -0.15) is 0 Å².